The van der Waals surface area contributed by atoms with Crippen molar-refractivity contribution in [2.45, 2.75) is 12.6 Å². The fourth-order valence-electron chi connectivity index (χ4n) is 3.96. The molecule has 0 aromatic heterocycles. The van der Waals surface area contributed by atoms with Crippen LogP contribution < -0.4 is 10.6 Å². The Bertz CT molecular complexity index is 1100. The van der Waals surface area contributed by atoms with Gasteiger partial charge in [-0.15, -0.1) is 6.58 Å². The summed E-state index contributed by atoms with van der Waals surface area (Å²) in [5.41, 5.74) is 2.71. The van der Waals surface area contributed by atoms with Crippen molar-refractivity contribution in [1.29, 1.82) is 0 Å². The predicted molar refractivity (Wildman–Crippen MR) is 122 cm³/mol. The summed E-state index contributed by atoms with van der Waals surface area (Å²) in [6, 6.07) is 15.6. The Morgan fingerprint density at radius 1 is 1.19 bits per heavy atom. The Balaban J connectivity index is 1.54. The van der Waals surface area contributed by atoms with Crippen molar-refractivity contribution in [1.82, 2.24) is 20.4 Å². The number of carbonyl (C=O) groups excluding carboxylic acids is 3. The summed E-state index contributed by atoms with van der Waals surface area (Å²) in [6.45, 7) is 4.41. The first-order chi connectivity index (χ1) is 15.5. The highest BCUT2D eigenvalue weighted by Gasteiger charge is 2.44. The highest BCUT2D eigenvalue weighted by molar-refractivity contribution is 6.30. The van der Waals surface area contributed by atoms with Crippen LogP contribution in [0.1, 0.15) is 17.2 Å². The summed E-state index contributed by atoms with van der Waals surface area (Å²) >= 11 is 6.14. The number of nitrogens with one attached hydrogen (secondary N) is 2. The zero-order chi connectivity index (χ0) is 22.7. The Hall–Kier alpha value is -3.58. The molecule has 164 valence electrons. The molecule has 0 radical (unpaired) electrons. The van der Waals surface area contributed by atoms with Crippen LogP contribution in [0.4, 0.5) is 4.79 Å². The molecule has 2 aromatic rings. The third-order valence-corrected chi connectivity index (χ3v) is 5.69. The van der Waals surface area contributed by atoms with E-state index in [0.717, 1.165) is 5.56 Å². The van der Waals surface area contributed by atoms with E-state index in [4.69, 9.17) is 11.6 Å². The molecular weight excluding hydrogens is 428 g/mol. The number of hydrogen-bond acceptors (Lipinski definition) is 3. The smallest absolute Gasteiger partial charge is 0.322 e. The van der Waals surface area contributed by atoms with Gasteiger partial charge in [0.2, 0.25) is 5.91 Å². The molecule has 4 rings (SSSR count). The molecule has 2 aliphatic rings. The maximum Gasteiger partial charge on any atom is 0.322 e. The molecule has 0 spiro atoms. The molecule has 2 aromatic carbocycles. The number of carbonyl (C=O) groups is 3. The Morgan fingerprint density at radius 3 is 2.69 bits per heavy atom. The Kier molecular flexibility index (Phi) is 6.28. The molecule has 1 atom stereocenters. The van der Waals surface area contributed by atoms with Crippen molar-refractivity contribution in [3.05, 3.63) is 94.7 Å². The van der Waals surface area contributed by atoms with Gasteiger partial charge in [0.05, 0.1) is 23.9 Å². The van der Waals surface area contributed by atoms with Gasteiger partial charge in [-0.2, -0.15) is 0 Å². The number of halogens is 1. The van der Waals surface area contributed by atoms with Crippen molar-refractivity contribution < 1.29 is 14.4 Å². The van der Waals surface area contributed by atoms with Gasteiger partial charge in [0.25, 0.3) is 5.91 Å². The van der Waals surface area contributed by atoms with Crippen LogP contribution in [0.25, 0.3) is 0 Å². The first-order valence-corrected chi connectivity index (χ1v) is 10.6. The number of rotatable bonds is 7. The molecule has 0 saturated heterocycles. The summed E-state index contributed by atoms with van der Waals surface area (Å²) < 4.78 is 0. The lowest BCUT2D eigenvalue weighted by Crippen LogP contribution is -2.47. The summed E-state index contributed by atoms with van der Waals surface area (Å²) in [6.07, 6.45) is 1.60. The van der Waals surface area contributed by atoms with Crippen LogP contribution >= 0.6 is 11.6 Å². The highest BCUT2D eigenvalue weighted by atomic mass is 35.5. The van der Waals surface area contributed by atoms with E-state index in [1.807, 2.05) is 36.4 Å². The van der Waals surface area contributed by atoms with Crippen LogP contribution in [0.5, 0.6) is 0 Å². The third-order valence-electron chi connectivity index (χ3n) is 5.46. The normalized spacial score (nSPS) is 17.8. The summed E-state index contributed by atoms with van der Waals surface area (Å²) in [7, 11) is 0. The van der Waals surface area contributed by atoms with Gasteiger partial charge in [-0.25, -0.2) is 4.79 Å². The quantitative estimate of drug-likeness (QED) is 0.636. The zero-order valence-corrected chi connectivity index (χ0v) is 18.1. The maximum atomic E-state index is 13.3. The standard InChI is InChI=1S/C24H23ClN4O3/c1-2-11-29-19-14-28(15-20(30)26-13-16-7-4-3-5-8-16)23(31)21(19)22(27-24(29)32)17-9-6-10-18(25)12-17/h2-10,12,22H,1,11,13-15H2,(H,26,30)(H,27,32)/t22-/m0/s1. The average molecular weight is 451 g/mol. The number of hydrogen-bond donors (Lipinski definition) is 2. The monoisotopic (exact) mass is 450 g/mol. The van der Waals surface area contributed by atoms with Crippen molar-refractivity contribution in [2.24, 2.45) is 0 Å². The minimum Gasteiger partial charge on any atom is -0.350 e. The van der Waals surface area contributed by atoms with Gasteiger partial charge < -0.3 is 15.5 Å². The molecule has 7 nitrogen and oxygen atoms in total. The number of amides is 4. The van der Waals surface area contributed by atoms with E-state index in [1.165, 1.54) is 9.80 Å². The van der Waals surface area contributed by atoms with E-state index < -0.39 is 6.04 Å². The molecule has 32 heavy (non-hydrogen) atoms. The van der Waals surface area contributed by atoms with Crippen LogP contribution in [-0.4, -0.2) is 47.3 Å². The van der Waals surface area contributed by atoms with Gasteiger partial charge in [0, 0.05) is 18.1 Å². The van der Waals surface area contributed by atoms with E-state index in [9.17, 15) is 14.4 Å². The van der Waals surface area contributed by atoms with Crippen molar-refractivity contribution >= 4 is 29.4 Å². The first kappa shape index (κ1) is 21.6. The molecule has 0 unspecified atom stereocenters. The minimum atomic E-state index is -0.637. The minimum absolute atomic E-state index is 0.100. The predicted octanol–water partition coefficient (Wildman–Crippen LogP) is 3.01. The Labute approximate surface area is 191 Å². The topological polar surface area (TPSA) is 81.8 Å². The second kappa shape index (κ2) is 9.28. The number of benzene rings is 2. The lowest BCUT2D eigenvalue weighted by molar-refractivity contribution is -0.132. The van der Waals surface area contributed by atoms with E-state index in [1.54, 1.807) is 24.3 Å². The lowest BCUT2D eigenvalue weighted by Gasteiger charge is -2.33. The van der Waals surface area contributed by atoms with Crippen LogP contribution in [0.3, 0.4) is 0 Å². The van der Waals surface area contributed by atoms with Gasteiger partial charge in [-0.05, 0) is 23.3 Å². The maximum absolute atomic E-state index is 13.3. The SMILES string of the molecule is C=CCN1C(=O)N[C@@H](c2cccc(Cl)c2)C2=C1CN(CC(=O)NCc1ccccc1)C2=O. The van der Waals surface area contributed by atoms with Gasteiger partial charge in [0.1, 0.15) is 6.54 Å². The average Bonchev–Trinajstić information content (AvgIpc) is 3.10. The summed E-state index contributed by atoms with van der Waals surface area (Å²) in [5, 5.41) is 6.24. The van der Waals surface area contributed by atoms with Crippen molar-refractivity contribution in [2.75, 3.05) is 19.6 Å². The second-order valence-electron chi connectivity index (χ2n) is 7.62. The zero-order valence-electron chi connectivity index (χ0n) is 17.4. The van der Waals surface area contributed by atoms with Crippen molar-refractivity contribution in [3.63, 3.8) is 0 Å². The molecular formula is C24H23ClN4O3. The fraction of sp³-hybridized carbons (Fsp3) is 0.208. The molecule has 4 amide bonds. The van der Waals surface area contributed by atoms with Crippen molar-refractivity contribution in [3.8, 4) is 0 Å². The first-order valence-electron chi connectivity index (χ1n) is 10.2. The molecule has 2 aliphatic heterocycles. The Morgan fingerprint density at radius 2 is 1.97 bits per heavy atom. The van der Waals surface area contributed by atoms with Gasteiger partial charge in [-0.3, -0.25) is 14.5 Å². The van der Waals surface area contributed by atoms with Crippen LogP contribution in [0.2, 0.25) is 5.02 Å². The molecule has 2 heterocycles. The van der Waals surface area contributed by atoms with Gasteiger partial charge >= 0.3 is 6.03 Å². The van der Waals surface area contributed by atoms with E-state index >= 15 is 0 Å². The fourth-order valence-corrected chi connectivity index (χ4v) is 4.16. The highest BCUT2D eigenvalue weighted by Crippen LogP contribution is 2.36. The number of nitrogens with zero attached hydrogens (tertiary/aromatic N) is 2. The summed E-state index contributed by atoms with van der Waals surface area (Å²) in [5.74, 6) is -0.551. The van der Waals surface area contributed by atoms with E-state index in [0.29, 0.717) is 28.4 Å². The van der Waals surface area contributed by atoms with E-state index in [2.05, 4.69) is 17.2 Å². The molecule has 0 aliphatic carbocycles. The molecule has 2 N–H and O–H groups in total. The molecule has 0 bridgehead atoms. The van der Waals surface area contributed by atoms with Gasteiger partial charge in [0.15, 0.2) is 0 Å². The largest absolute Gasteiger partial charge is 0.350 e. The number of urea groups is 1. The lowest BCUT2D eigenvalue weighted by atomic mass is 9.95. The summed E-state index contributed by atoms with van der Waals surface area (Å²) in [4.78, 5) is 41.6. The van der Waals surface area contributed by atoms with Crippen LogP contribution in [0.15, 0.2) is 78.5 Å². The molecule has 8 heteroatoms. The molecule has 0 fully saturated rings. The van der Waals surface area contributed by atoms with Crippen LogP contribution in [-0.2, 0) is 16.1 Å². The third kappa shape index (κ3) is 4.38. The second-order valence-corrected chi connectivity index (χ2v) is 8.06. The van der Waals surface area contributed by atoms with E-state index in [-0.39, 0.29) is 37.5 Å². The van der Waals surface area contributed by atoms with Gasteiger partial charge in [-0.1, -0.05) is 60.1 Å². The molecule has 0 saturated carbocycles. The van der Waals surface area contributed by atoms with Crippen LogP contribution in [0, 0.1) is 0 Å².